The SMILES string of the molecule is CCN(Cc1ccccc1)C(=O)CCN1CCO[C@@H](C(F)(F)F)C1. The van der Waals surface area contributed by atoms with Crippen molar-refractivity contribution in [2.45, 2.75) is 32.2 Å². The number of rotatable bonds is 6. The molecule has 1 saturated heterocycles. The molecule has 0 aromatic heterocycles. The second-order valence-corrected chi connectivity index (χ2v) is 5.85. The second-order valence-electron chi connectivity index (χ2n) is 5.85. The summed E-state index contributed by atoms with van der Waals surface area (Å²) < 4.78 is 42.9. The van der Waals surface area contributed by atoms with Gasteiger partial charge in [-0.1, -0.05) is 30.3 Å². The van der Waals surface area contributed by atoms with Gasteiger partial charge in [-0.15, -0.1) is 0 Å². The summed E-state index contributed by atoms with van der Waals surface area (Å²) in [7, 11) is 0. The molecule has 0 unspecified atom stereocenters. The fraction of sp³-hybridized carbons (Fsp3) is 0.588. The van der Waals surface area contributed by atoms with Gasteiger partial charge < -0.3 is 9.64 Å². The largest absolute Gasteiger partial charge is 0.415 e. The van der Waals surface area contributed by atoms with Gasteiger partial charge in [-0.3, -0.25) is 9.69 Å². The van der Waals surface area contributed by atoms with Gasteiger partial charge in [0.05, 0.1) is 6.61 Å². The third-order valence-electron chi connectivity index (χ3n) is 4.11. The average molecular weight is 344 g/mol. The summed E-state index contributed by atoms with van der Waals surface area (Å²) in [5.41, 5.74) is 1.04. The highest BCUT2D eigenvalue weighted by atomic mass is 19.4. The number of amides is 1. The van der Waals surface area contributed by atoms with Crippen molar-refractivity contribution in [3.05, 3.63) is 35.9 Å². The molecule has 24 heavy (non-hydrogen) atoms. The quantitative estimate of drug-likeness (QED) is 0.795. The molecule has 1 atom stereocenters. The fourth-order valence-corrected chi connectivity index (χ4v) is 2.70. The number of morpholine rings is 1. The molecule has 1 aliphatic heterocycles. The van der Waals surface area contributed by atoms with E-state index in [0.717, 1.165) is 5.56 Å². The topological polar surface area (TPSA) is 32.8 Å². The molecule has 7 heteroatoms. The molecule has 1 heterocycles. The van der Waals surface area contributed by atoms with Gasteiger partial charge in [-0.25, -0.2) is 0 Å². The van der Waals surface area contributed by atoms with Crippen LogP contribution in [0.2, 0.25) is 0 Å². The van der Waals surface area contributed by atoms with Gasteiger partial charge in [0.2, 0.25) is 5.91 Å². The molecule has 0 saturated carbocycles. The van der Waals surface area contributed by atoms with E-state index >= 15 is 0 Å². The van der Waals surface area contributed by atoms with Crippen molar-refractivity contribution in [3.63, 3.8) is 0 Å². The molecular weight excluding hydrogens is 321 g/mol. The van der Waals surface area contributed by atoms with E-state index in [1.54, 1.807) is 9.80 Å². The number of ether oxygens (including phenoxy) is 1. The highest BCUT2D eigenvalue weighted by Gasteiger charge is 2.43. The Balaban J connectivity index is 1.82. The molecule has 2 rings (SSSR count). The number of alkyl halides is 3. The van der Waals surface area contributed by atoms with Crippen LogP contribution in [0.4, 0.5) is 13.2 Å². The molecular formula is C17H23F3N2O2. The summed E-state index contributed by atoms with van der Waals surface area (Å²) in [6.45, 7) is 3.56. The minimum atomic E-state index is -4.36. The van der Waals surface area contributed by atoms with Crippen molar-refractivity contribution >= 4 is 5.91 Å². The Morgan fingerprint density at radius 3 is 2.67 bits per heavy atom. The van der Waals surface area contributed by atoms with E-state index in [9.17, 15) is 18.0 Å². The van der Waals surface area contributed by atoms with E-state index in [0.29, 0.717) is 26.2 Å². The molecule has 0 aliphatic carbocycles. The van der Waals surface area contributed by atoms with Crippen molar-refractivity contribution in [3.8, 4) is 0 Å². The van der Waals surface area contributed by atoms with Gasteiger partial charge >= 0.3 is 6.18 Å². The number of hydrogen-bond donors (Lipinski definition) is 0. The van der Waals surface area contributed by atoms with Crippen molar-refractivity contribution in [2.24, 2.45) is 0 Å². The molecule has 1 fully saturated rings. The van der Waals surface area contributed by atoms with Crippen LogP contribution < -0.4 is 0 Å². The Hall–Kier alpha value is -1.60. The lowest BCUT2D eigenvalue weighted by molar-refractivity contribution is -0.237. The third kappa shape index (κ3) is 5.49. The lowest BCUT2D eigenvalue weighted by atomic mass is 10.2. The summed E-state index contributed by atoms with van der Waals surface area (Å²) in [6, 6.07) is 9.64. The van der Waals surface area contributed by atoms with Crippen LogP contribution in [0, 0.1) is 0 Å². The molecule has 0 N–H and O–H groups in total. The standard InChI is InChI=1S/C17H23F3N2O2/c1-2-22(12-14-6-4-3-5-7-14)16(23)8-9-21-10-11-24-15(13-21)17(18,19)20/h3-7,15H,2,8-13H2,1H3/t15-/m1/s1. The average Bonchev–Trinajstić information content (AvgIpc) is 2.58. The van der Waals surface area contributed by atoms with Crippen molar-refractivity contribution < 1.29 is 22.7 Å². The van der Waals surface area contributed by atoms with Gasteiger partial charge in [-0.05, 0) is 12.5 Å². The van der Waals surface area contributed by atoms with E-state index in [4.69, 9.17) is 4.74 Å². The van der Waals surface area contributed by atoms with Gasteiger partial charge in [-0.2, -0.15) is 13.2 Å². The molecule has 134 valence electrons. The maximum absolute atomic E-state index is 12.7. The number of benzene rings is 1. The molecule has 0 spiro atoms. The van der Waals surface area contributed by atoms with E-state index in [1.165, 1.54) is 0 Å². The molecule has 1 aromatic carbocycles. The van der Waals surface area contributed by atoms with Gasteiger partial charge in [0.1, 0.15) is 0 Å². The zero-order chi connectivity index (χ0) is 17.6. The first kappa shape index (κ1) is 18.7. The molecule has 0 radical (unpaired) electrons. The Kier molecular flexibility index (Phi) is 6.62. The van der Waals surface area contributed by atoms with Crippen molar-refractivity contribution in [1.82, 2.24) is 9.80 Å². The molecule has 1 amide bonds. The first-order chi connectivity index (χ1) is 11.4. The first-order valence-corrected chi connectivity index (χ1v) is 8.12. The highest BCUT2D eigenvalue weighted by Crippen LogP contribution is 2.25. The smallest absolute Gasteiger partial charge is 0.366 e. The summed E-state index contributed by atoms with van der Waals surface area (Å²) in [5.74, 6) is -0.0450. The van der Waals surface area contributed by atoms with Gasteiger partial charge in [0, 0.05) is 39.1 Å². The van der Waals surface area contributed by atoms with Crippen LogP contribution >= 0.6 is 0 Å². The summed E-state index contributed by atoms with van der Waals surface area (Å²) in [5, 5.41) is 0. The summed E-state index contributed by atoms with van der Waals surface area (Å²) in [6.07, 6.45) is -5.90. The zero-order valence-electron chi connectivity index (χ0n) is 13.8. The Morgan fingerprint density at radius 1 is 1.33 bits per heavy atom. The molecule has 0 bridgehead atoms. The normalized spacial score (nSPS) is 19.2. The predicted octanol–water partition coefficient (Wildman–Crippen LogP) is 2.69. The van der Waals surface area contributed by atoms with Crippen LogP contribution in [0.15, 0.2) is 30.3 Å². The number of hydrogen-bond acceptors (Lipinski definition) is 3. The number of halogens is 3. The van der Waals surface area contributed by atoms with Crippen LogP contribution in [-0.2, 0) is 16.1 Å². The van der Waals surface area contributed by atoms with E-state index < -0.39 is 12.3 Å². The Labute approximate surface area is 140 Å². The summed E-state index contributed by atoms with van der Waals surface area (Å²) >= 11 is 0. The predicted molar refractivity (Wildman–Crippen MR) is 84.4 cm³/mol. The minimum absolute atomic E-state index is 0.0415. The van der Waals surface area contributed by atoms with Gasteiger partial charge in [0.15, 0.2) is 6.10 Å². The van der Waals surface area contributed by atoms with Crippen LogP contribution in [-0.4, -0.2) is 60.8 Å². The monoisotopic (exact) mass is 344 g/mol. The van der Waals surface area contributed by atoms with E-state index in [1.807, 2.05) is 37.3 Å². The minimum Gasteiger partial charge on any atom is -0.366 e. The van der Waals surface area contributed by atoms with E-state index in [2.05, 4.69) is 0 Å². The van der Waals surface area contributed by atoms with E-state index in [-0.39, 0.29) is 25.5 Å². The maximum atomic E-state index is 12.7. The van der Waals surface area contributed by atoms with Crippen LogP contribution in [0.5, 0.6) is 0 Å². The lowest BCUT2D eigenvalue weighted by Gasteiger charge is -2.34. The van der Waals surface area contributed by atoms with Gasteiger partial charge in [0.25, 0.3) is 0 Å². The first-order valence-electron chi connectivity index (χ1n) is 8.12. The molecule has 4 nitrogen and oxygen atoms in total. The van der Waals surface area contributed by atoms with Crippen LogP contribution in [0.1, 0.15) is 18.9 Å². The molecule has 1 aromatic rings. The fourth-order valence-electron chi connectivity index (χ4n) is 2.70. The number of carbonyl (C=O) groups is 1. The zero-order valence-corrected chi connectivity index (χ0v) is 13.8. The highest BCUT2D eigenvalue weighted by molar-refractivity contribution is 5.76. The van der Waals surface area contributed by atoms with Crippen LogP contribution in [0.25, 0.3) is 0 Å². The van der Waals surface area contributed by atoms with Crippen LogP contribution in [0.3, 0.4) is 0 Å². The maximum Gasteiger partial charge on any atom is 0.415 e. The molecule has 1 aliphatic rings. The Bertz CT molecular complexity index is 522. The second kappa shape index (κ2) is 8.48. The van der Waals surface area contributed by atoms with Crippen molar-refractivity contribution in [1.29, 1.82) is 0 Å². The number of nitrogens with zero attached hydrogens (tertiary/aromatic N) is 2. The lowest BCUT2D eigenvalue weighted by Crippen LogP contribution is -2.49. The Morgan fingerprint density at radius 2 is 2.04 bits per heavy atom. The number of carbonyl (C=O) groups excluding carboxylic acids is 1. The summed E-state index contributed by atoms with van der Waals surface area (Å²) in [4.78, 5) is 15.7. The van der Waals surface area contributed by atoms with Crippen molar-refractivity contribution in [2.75, 3.05) is 32.8 Å². The third-order valence-corrected chi connectivity index (χ3v) is 4.11.